The molecule has 1 atom stereocenters. The molecule has 0 aliphatic carbocycles. The van der Waals surface area contributed by atoms with Gasteiger partial charge in [0.1, 0.15) is 0 Å². The molecule has 3 nitrogen and oxygen atoms in total. The lowest BCUT2D eigenvalue weighted by atomic mass is 10.3. The molecule has 0 fully saturated rings. The summed E-state index contributed by atoms with van der Waals surface area (Å²) in [7, 11) is 0. The van der Waals surface area contributed by atoms with Crippen molar-refractivity contribution in [3.8, 4) is 0 Å². The highest BCUT2D eigenvalue weighted by atomic mass is 15.2. The molecule has 0 spiro atoms. The van der Waals surface area contributed by atoms with Crippen LogP contribution < -0.4 is 11.1 Å². The highest BCUT2D eigenvalue weighted by molar-refractivity contribution is 5.78. The van der Waals surface area contributed by atoms with E-state index >= 15 is 0 Å². The number of rotatable bonds is 0. The minimum absolute atomic E-state index is 0.237. The van der Waals surface area contributed by atoms with E-state index in [9.17, 15) is 0 Å². The van der Waals surface area contributed by atoms with Crippen molar-refractivity contribution in [3.63, 3.8) is 0 Å². The summed E-state index contributed by atoms with van der Waals surface area (Å²) in [6, 6.07) is 0. The number of aliphatic imine (C=N–C) groups is 1. The van der Waals surface area contributed by atoms with E-state index < -0.39 is 0 Å². The highest BCUT2D eigenvalue weighted by Crippen LogP contribution is 1.91. The number of hydrogen-bond donors (Lipinski definition) is 2. The maximum atomic E-state index is 5.34. The van der Waals surface area contributed by atoms with E-state index in [0.717, 1.165) is 5.57 Å². The van der Waals surface area contributed by atoms with Gasteiger partial charge in [0.05, 0.1) is 0 Å². The van der Waals surface area contributed by atoms with Crippen LogP contribution in [-0.4, -0.2) is 12.5 Å². The van der Waals surface area contributed by atoms with Gasteiger partial charge in [-0.15, -0.1) is 0 Å². The van der Waals surface area contributed by atoms with Crippen molar-refractivity contribution in [2.75, 3.05) is 0 Å². The predicted molar refractivity (Wildman–Crippen MR) is 33.4 cm³/mol. The number of nitrogens with zero attached hydrogens (tertiary/aromatic N) is 1. The van der Waals surface area contributed by atoms with E-state index in [1.165, 1.54) is 0 Å². The molecule has 44 valence electrons. The van der Waals surface area contributed by atoms with Crippen LogP contribution in [0.25, 0.3) is 0 Å². The molecule has 0 radical (unpaired) electrons. The lowest BCUT2D eigenvalue weighted by molar-refractivity contribution is 0.635. The van der Waals surface area contributed by atoms with E-state index in [2.05, 4.69) is 10.3 Å². The van der Waals surface area contributed by atoms with Crippen LogP contribution in [0.1, 0.15) is 6.92 Å². The second kappa shape index (κ2) is 1.96. The fourth-order valence-electron chi connectivity index (χ4n) is 0.495. The summed E-state index contributed by atoms with van der Waals surface area (Å²) in [6.07, 6.45) is 3.36. The normalized spacial score (nSPS) is 26.8. The molecule has 0 aromatic carbocycles. The van der Waals surface area contributed by atoms with Crippen LogP contribution in [-0.2, 0) is 0 Å². The third kappa shape index (κ3) is 1.07. The van der Waals surface area contributed by atoms with Crippen molar-refractivity contribution in [2.45, 2.75) is 13.2 Å². The maximum Gasteiger partial charge on any atom is 0.170 e. The van der Waals surface area contributed by atoms with Gasteiger partial charge in [-0.3, -0.25) is 10.7 Å². The van der Waals surface area contributed by atoms with Crippen LogP contribution in [0.4, 0.5) is 0 Å². The zero-order valence-electron chi connectivity index (χ0n) is 4.76. The summed E-state index contributed by atoms with van der Waals surface area (Å²) in [5, 5.41) is 2.85. The van der Waals surface area contributed by atoms with Crippen molar-refractivity contribution in [3.05, 3.63) is 11.8 Å². The summed E-state index contributed by atoms with van der Waals surface area (Å²) in [4.78, 5) is 3.88. The molecule has 0 unspecified atom stereocenters. The minimum Gasteiger partial charge on any atom is -0.358 e. The Kier molecular flexibility index (Phi) is 1.30. The van der Waals surface area contributed by atoms with Gasteiger partial charge in [0, 0.05) is 12.4 Å². The summed E-state index contributed by atoms with van der Waals surface area (Å²) in [6.45, 7) is 1.96. The lowest BCUT2D eigenvalue weighted by Gasteiger charge is -2.10. The third-order valence-corrected chi connectivity index (χ3v) is 0.921. The molecule has 1 heterocycles. The smallest absolute Gasteiger partial charge is 0.170 e. The van der Waals surface area contributed by atoms with Crippen molar-refractivity contribution in [1.29, 1.82) is 0 Å². The molecule has 8 heavy (non-hydrogen) atoms. The van der Waals surface area contributed by atoms with Crippen LogP contribution in [0.2, 0.25) is 0 Å². The Labute approximate surface area is 48.3 Å². The topological polar surface area (TPSA) is 50.4 Å². The number of nitrogens with one attached hydrogen (secondary N) is 1. The fourth-order valence-corrected chi connectivity index (χ4v) is 0.495. The first-order valence-corrected chi connectivity index (χ1v) is 2.50. The monoisotopic (exact) mass is 111 g/mol. The van der Waals surface area contributed by atoms with Gasteiger partial charge in [-0.2, -0.15) is 0 Å². The van der Waals surface area contributed by atoms with Gasteiger partial charge >= 0.3 is 0 Å². The summed E-state index contributed by atoms with van der Waals surface area (Å²) >= 11 is 0. The molecule has 3 N–H and O–H groups in total. The first-order valence-electron chi connectivity index (χ1n) is 2.50. The van der Waals surface area contributed by atoms with Gasteiger partial charge in [-0.1, -0.05) is 0 Å². The summed E-state index contributed by atoms with van der Waals surface area (Å²) < 4.78 is 0. The Morgan fingerprint density at radius 3 is 3.00 bits per heavy atom. The molecular formula is C5H9N3. The number of hydrogen-bond acceptors (Lipinski definition) is 3. The van der Waals surface area contributed by atoms with E-state index in [-0.39, 0.29) is 6.29 Å². The zero-order chi connectivity index (χ0) is 5.98. The fraction of sp³-hybridized carbons (Fsp3) is 0.400. The van der Waals surface area contributed by atoms with E-state index in [1.807, 2.05) is 13.1 Å². The van der Waals surface area contributed by atoms with Crippen LogP contribution in [0.3, 0.4) is 0 Å². The Balaban J connectivity index is 2.58. The molecule has 0 saturated heterocycles. The summed E-state index contributed by atoms with van der Waals surface area (Å²) in [5.74, 6) is 0. The Bertz CT molecular complexity index is 137. The van der Waals surface area contributed by atoms with Crippen LogP contribution in [0.5, 0.6) is 0 Å². The van der Waals surface area contributed by atoms with Gasteiger partial charge < -0.3 is 5.32 Å². The molecule has 1 aliphatic rings. The average molecular weight is 111 g/mol. The Hall–Kier alpha value is -0.830. The van der Waals surface area contributed by atoms with Crippen LogP contribution in [0, 0.1) is 0 Å². The van der Waals surface area contributed by atoms with E-state index in [1.54, 1.807) is 6.21 Å². The molecule has 0 bridgehead atoms. The molecular weight excluding hydrogens is 102 g/mol. The van der Waals surface area contributed by atoms with E-state index in [0.29, 0.717) is 0 Å². The molecule has 3 heteroatoms. The minimum atomic E-state index is -0.237. The largest absolute Gasteiger partial charge is 0.358 e. The third-order valence-electron chi connectivity index (χ3n) is 0.921. The lowest BCUT2D eigenvalue weighted by Crippen LogP contribution is -2.33. The standard InChI is InChI=1S/C5H9N3/c1-4-2-7-5(6)8-3-4/h2-3,5,7H,6H2,1H3/t5-/m1/s1. The quantitative estimate of drug-likeness (QED) is 0.455. The van der Waals surface area contributed by atoms with Gasteiger partial charge in [-0.25, -0.2) is 0 Å². The number of nitrogens with two attached hydrogens (primary N) is 1. The van der Waals surface area contributed by atoms with Crippen LogP contribution in [0.15, 0.2) is 16.8 Å². The van der Waals surface area contributed by atoms with Crippen molar-refractivity contribution in [1.82, 2.24) is 5.32 Å². The second-order valence-electron chi connectivity index (χ2n) is 1.78. The first kappa shape index (κ1) is 5.31. The van der Waals surface area contributed by atoms with Gasteiger partial charge in [0.15, 0.2) is 6.29 Å². The van der Waals surface area contributed by atoms with Crippen molar-refractivity contribution < 1.29 is 0 Å². The zero-order valence-corrected chi connectivity index (χ0v) is 4.76. The van der Waals surface area contributed by atoms with Gasteiger partial charge in [0.25, 0.3) is 0 Å². The first-order chi connectivity index (χ1) is 3.79. The average Bonchev–Trinajstić information content (AvgIpc) is 1.77. The Morgan fingerprint density at radius 2 is 2.62 bits per heavy atom. The molecule has 0 amide bonds. The van der Waals surface area contributed by atoms with Crippen molar-refractivity contribution in [2.24, 2.45) is 10.7 Å². The van der Waals surface area contributed by atoms with Gasteiger partial charge in [0.2, 0.25) is 0 Å². The summed E-state index contributed by atoms with van der Waals surface area (Å²) in [5.41, 5.74) is 6.45. The van der Waals surface area contributed by atoms with Crippen LogP contribution >= 0.6 is 0 Å². The molecule has 0 aromatic heterocycles. The van der Waals surface area contributed by atoms with Crippen molar-refractivity contribution >= 4 is 6.21 Å². The second-order valence-corrected chi connectivity index (χ2v) is 1.78. The number of allylic oxidation sites excluding steroid dienone is 1. The van der Waals surface area contributed by atoms with Gasteiger partial charge in [-0.05, 0) is 12.5 Å². The molecule has 0 aromatic rings. The highest BCUT2D eigenvalue weighted by Gasteiger charge is 1.96. The predicted octanol–water partition coefficient (Wildman–Crippen LogP) is -0.193. The SMILES string of the molecule is CC1=CN[C@@H](N)N=C1. The Morgan fingerprint density at radius 1 is 1.88 bits per heavy atom. The molecule has 0 saturated carbocycles. The van der Waals surface area contributed by atoms with E-state index in [4.69, 9.17) is 5.73 Å². The molecule has 1 aliphatic heterocycles. The molecule has 1 rings (SSSR count). The maximum absolute atomic E-state index is 5.34.